The van der Waals surface area contributed by atoms with Crippen molar-refractivity contribution in [2.45, 2.75) is 18.9 Å². The molecule has 1 atom stereocenters. The Kier molecular flexibility index (Phi) is 3.85. The van der Waals surface area contributed by atoms with Crippen LogP contribution in [0.4, 0.5) is 0 Å². The van der Waals surface area contributed by atoms with Crippen LogP contribution >= 0.6 is 0 Å². The Labute approximate surface area is 127 Å². The second kappa shape index (κ2) is 5.95. The van der Waals surface area contributed by atoms with Crippen molar-refractivity contribution in [2.24, 2.45) is 0 Å². The largest absolute Gasteiger partial charge is 0.465 e. The average molecular weight is 298 g/mol. The summed E-state index contributed by atoms with van der Waals surface area (Å²) in [7, 11) is 1.34. The maximum absolute atomic E-state index is 11.5. The molecule has 1 aromatic carbocycles. The van der Waals surface area contributed by atoms with E-state index in [1.807, 2.05) is 0 Å². The number of methoxy groups -OCH3 is 1. The van der Waals surface area contributed by atoms with Gasteiger partial charge in [-0.1, -0.05) is 5.21 Å². The van der Waals surface area contributed by atoms with E-state index >= 15 is 0 Å². The van der Waals surface area contributed by atoms with Gasteiger partial charge >= 0.3 is 5.97 Å². The highest BCUT2D eigenvalue weighted by molar-refractivity contribution is 5.89. The van der Waals surface area contributed by atoms with Gasteiger partial charge in [0.05, 0.1) is 18.4 Å². The van der Waals surface area contributed by atoms with Gasteiger partial charge in [0, 0.05) is 6.61 Å². The number of aromatic nitrogens is 3. The summed E-state index contributed by atoms with van der Waals surface area (Å²) in [5.41, 5.74) is 2.09. The predicted molar refractivity (Wildman–Crippen MR) is 75.3 cm³/mol. The van der Waals surface area contributed by atoms with Crippen LogP contribution in [0, 0.1) is 11.3 Å². The summed E-state index contributed by atoms with van der Waals surface area (Å²) in [4.78, 5) is 11.5. The van der Waals surface area contributed by atoms with Crippen LogP contribution in [0.2, 0.25) is 0 Å². The van der Waals surface area contributed by atoms with Gasteiger partial charge < -0.3 is 9.47 Å². The predicted octanol–water partition coefficient (Wildman–Crippen LogP) is 1.78. The number of hydrogen-bond donors (Lipinski definition) is 0. The molecular formula is C15H14N4O3. The van der Waals surface area contributed by atoms with Crippen LogP contribution < -0.4 is 0 Å². The maximum Gasteiger partial charge on any atom is 0.337 e. The van der Waals surface area contributed by atoms with Crippen LogP contribution in [0.1, 0.15) is 40.7 Å². The van der Waals surface area contributed by atoms with Crippen LogP contribution in [-0.4, -0.2) is 34.7 Å². The summed E-state index contributed by atoms with van der Waals surface area (Å²) in [6.45, 7) is 0.669. The van der Waals surface area contributed by atoms with Crippen molar-refractivity contribution in [3.8, 4) is 11.8 Å². The molecule has 22 heavy (non-hydrogen) atoms. The first-order valence-electron chi connectivity index (χ1n) is 6.90. The lowest BCUT2D eigenvalue weighted by molar-refractivity contribution is 0.0600. The molecule has 0 amide bonds. The van der Waals surface area contributed by atoms with E-state index in [1.165, 1.54) is 7.11 Å². The lowest BCUT2D eigenvalue weighted by atomic mass is 10.1. The molecule has 7 nitrogen and oxygen atoms in total. The van der Waals surface area contributed by atoms with Gasteiger partial charge in [-0.05, 0) is 37.1 Å². The van der Waals surface area contributed by atoms with E-state index in [0.717, 1.165) is 12.8 Å². The number of nitriles is 1. The monoisotopic (exact) mass is 298 g/mol. The second-order valence-electron chi connectivity index (χ2n) is 4.89. The zero-order valence-electron chi connectivity index (χ0n) is 12.0. The molecule has 1 saturated heterocycles. The molecule has 0 aliphatic carbocycles. The Morgan fingerprint density at radius 1 is 1.45 bits per heavy atom. The third-order valence-electron chi connectivity index (χ3n) is 3.58. The van der Waals surface area contributed by atoms with Gasteiger partial charge in [-0.15, -0.1) is 5.10 Å². The van der Waals surface area contributed by atoms with E-state index in [1.54, 1.807) is 28.9 Å². The Morgan fingerprint density at radius 3 is 2.82 bits per heavy atom. The Balaban J connectivity index is 1.99. The first-order valence-corrected chi connectivity index (χ1v) is 6.90. The van der Waals surface area contributed by atoms with Gasteiger partial charge in [0.15, 0.2) is 5.69 Å². The highest BCUT2D eigenvalue weighted by Gasteiger charge is 2.27. The van der Waals surface area contributed by atoms with Crippen LogP contribution in [0.25, 0.3) is 5.69 Å². The smallest absolute Gasteiger partial charge is 0.337 e. The molecule has 0 bridgehead atoms. The van der Waals surface area contributed by atoms with Crippen molar-refractivity contribution in [3.63, 3.8) is 0 Å². The fraction of sp³-hybridized carbons (Fsp3) is 0.333. The summed E-state index contributed by atoms with van der Waals surface area (Å²) < 4.78 is 11.9. The summed E-state index contributed by atoms with van der Waals surface area (Å²) >= 11 is 0. The minimum absolute atomic E-state index is 0.176. The van der Waals surface area contributed by atoms with E-state index in [-0.39, 0.29) is 11.8 Å². The fourth-order valence-electron chi connectivity index (χ4n) is 2.50. The van der Waals surface area contributed by atoms with Crippen molar-refractivity contribution in [1.82, 2.24) is 15.0 Å². The van der Waals surface area contributed by atoms with Crippen LogP contribution in [0.15, 0.2) is 24.3 Å². The number of rotatable bonds is 3. The molecular weight excluding hydrogens is 284 g/mol. The number of ether oxygens (including phenoxy) is 2. The zero-order chi connectivity index (χ0) is 15.5. The number of benzene rings is 1. The molecule has 2 heterocycles. The lowest BCUT2D eigenvalue weighted by Crippen LogP contribution is -2.09. The summed E-state index contributed by atoms with van der Waals surface area (Å²) in [5, 5.41) is 17.2. The van der Waals surface area contributed by atoms with Crippen molar-refractivity contribution >= 4 is 5.97 Å². The first-order chi connectivity index (χ1) is 10.7. The number of hydrogen-bond acceptors (Lipinski definition) is 6. The average Bonchev–Trinajstić information content (AvgIpc) is 3.22. The lowest BCUT2D eigenvalue weighted by Gasteiger charge is -2.12. The Morgan fingerprint density at radius 2 is 2.23 bits per heavy atom. The van der Waals surface area contributed by atoms with Gasteiger partial charge in [0.25, 0.3) is 0 Å². The summed E-state index contributed by atoms with van der Waals surface area (Å²) in [6, 6.07) is 8.82. The molecule has 1 aliphatic rings. The van der Waals surface area contributed by atoms with E-state index in [2.05, 4.69) is 21.1 Å². The van der Waals surface area contributed by atoms with Crippen LogP contribution in [-0.2, 0) is 9.47 Å². The topological polar surface area (TPSA) is 90.0 Å². The number of esters is 1. The minimum Gasteiger partial charge on any atom is -0.465 e. The Bertz CT molecular complexity index is 724. The zero-order valence-corrected chi connectivity index (χ0v) is 12.0. The summed E-state index contributed by atoms with van der Waals surface area (Å²) in [6.07, 6.45) is 1.61. The maximum atomic E-state index is 11.5. The molecule has 0 radical (unpaired) electrons. The van der Waals surface area contributed by atoms with Gasteiger partial charge in [0.1, 0.15) is 17.9 Å². The minimum atomic E-state index is -0.401. The SMILES string of the molecule is COC(=O)c1ccc(-n2nnc(C#N)c2C2CCCO2)cc1. The number of carbonyl (C=O) groups excluding carboxylic acids is 1. The number of nitrogens with zero attached hydrogens (tertiary/aromatic N) is 4. The molecule has 7 heteroatoms. The molecule has 112 valence electrons. The van der Waals surface area contributed by atoms with Gasteiger partial charge in [-0.3, -0.25) is 0 Å². The van der Waals surface area contributed by atoms with Gasteiger partial charge in [-0.25, -0.2) is 9.48 Å². The van der Waals surface area contributed by atoms with E-state index < -0.39 is 5.97 Å². The molecule has 0 saturated carbocycles. The third-order valence-corrected chi connectivity index (χ3v) is 3.58. The first kappa shape index (κ1) is 14.2. The highest BCUT2D eigenvalue weighted by atomic mass is 16.5. The highest BCUT2D eigenvalue weighted by Crippen LogP contribution is 2.31. The van der Waals surface area contributed by atoms with Crippen molar-refractivity contribution in [1.29, 1.82) is 5.26 Å². The van der Waals surface area contributed by atoms with Crippen LogP contribution in [0.5, 0.6) is 0 Å². The summed E-state index contributed by atoms with van der Waals surface area (Å²) in [5.74, 6) is -0.401. The standard InChI is InChI=1S/C15H14N4O3/c1-21-15(20)10-4-6-11(7-5-10)19-14(12(9-16)17-18-19)13-3-2-8-22-13/h4-7,13H,2-3,8H2,1H3. The van der Waals surface area contributed by atoms with Gasteiger partial charge in [0.2, 0.25) is 0 Å². The van der Waals surface area contributed by atoms with Crippen molar-refractivity contribution in [3.05, 3.63) is 41.2 Å². The fourth-order valence-corrected chi connectivity index (χ4v) is 2.50. The quantitative estimate of drug-likeness (QED) is 0.802. The molecule has 1 unspecified atom stereocenters. The van der Waals surface area contributed by atoms with Crippen LogP contribution in [0.3, 0.4) is 0 Å². The van der Waals surface area contributed by atoms with Crippen molar-refractivity contribution in [2.75, 3.05) is 13.7 Å². The van der Waals surface area contributed by atoms with E-state index in [9.17, 15) is 10.1 Å². The second-order valence-corrected chi connectivity index (χ2v) is 4.89. The Hall–Kier alpha value is -2.72. The molecule has 0 spiro atoms. The molecule has 1 aliphatic heterocycles. The normalized spacial score (nSPS) is 17.2. The molecule has 3 rings (SSSR count). The van der Waals surface area contributed by atoms with Gasteiger partial charge in [-0.2, -0.15) is 5.26 Å². The van der Waals surface area contributed by atoms with E-state index in [4.69, 9.17) is 4.74 Å². The van der Waals surface area contributed by atoms with Crippen molar-refractivity contribution < 1.29 is 14.3 Å². The number of carbonyl (C=O) groups is 1. The van der Waals surface area contributed by atoms with E-state index in [0.29, 0.717) is 23.6 Å². The molecule has 1 fully saturated rings. The third kappa shape index (κ3) is 2.44. The molecule has 1 aromatic heterocycles. The molecule has 2 aromatic rings. The molecule has 0 N–H and O–H groups in total.